The summed E-state index contributed by atoms with van der Waals surface area (Å²) in [5.41, 5.74) is 1.15. The number of ether oxygens (including phenoxy) is 2. The molecule has 0 radical (unpaired) electrons. The molecule has 0 amide bonds. The van der Waals surface area contributed by atoms with E-state index in [-0.39, 0.29) is 0 Å². The standard InChI is InChI=1S/C15H25NO2/c1-4-8-16-10-13(2)11-18-15-7-5-6-14(9-15)12-17-3/h5-7,9,13,16H,4,8,10-12H2,1-3H3. The van der Waals surface area contributed by atoms with Crippen LogP contribution in [0.3, 0.4) is 0 Å². The van der Waals surface area contributed by atoms with Crippen molar-refractivity contribution >= 4 is 0 Å². The first-order valence-electron chi connectivity index (χ1n) is 6.67. The quantitative estimate of drug-likeness (QED) is 0.685. The van der Waals surface area contributed by atoms with Gasteiger partial charge in [0.25, 0.3) is 0 Å². The summed E-state index contributed by atoms with van der Waals surface area (Å²) in [6, 6.07) is 8.08. The Kier molecular flexibility index (Phi) is 7.46. The zero-order chi connectivity index (χ0) is 13.2. The molecular formula is C15H25NO2. The van der Waals surface area contributed by atoms with Crippen LogP contribution in [-0.2, 0) is 11.3 Å². The summed E-state index contributed by atoms with van der Waals surface area (Å²) >= 11 is 0. The van der Waals surface area contributed by atoms with Gasteiger partial charge in [0.15, 0.2) is 0 Å². The van der Waals surface area contributed by atoms with Gasteiger partial charge in [-0.05, 0) is 30.7 Å². The van der Waals surface area contributed by atoms with Gasteiger partial charge in [0.05, 0.1) is 13.2 Å². The normalized spacial score (nSPS) is 12.4. The molecule has 1 unspecified atom stereocenters. The van der Waals surface area contributed by atoms with Crippen LogP contribution in [0.2, 0.25) is 0 Å². The predicted octanol–water partition coefficient (Wildman–Crippen LogP) is 2.85. The fourth-order valence-corrected chi connectivity index (χ4v) is 1.71. The number of hydrogen-bond donors (Lipinski definition) is 1. The largest absolute Gasteiger partial charge is 0.493 e. The van der Waals surface area contributed by atoms with Gasteiger partial charge in [-0.1, -0.05) is 26.0 Å². The Morgan fingerprint density at radius 3 is 2.89 bits per heavy atom. The van der Waals surface area contributed by atoms with Crippen molar-refractivity contribution in [1.82, 2.24) is 5.32 Å². The Morgan fingerprint density at radius 1 is 1.33 bits per heavy atom. The topological polar surface area (TPSA) is 30.5 Å². The maximum Gasteiger partial charge on any atom is 0.119 e. The maximum absolute atomic E-state index is 5.79. The molecule has 0 aliphatic heterocycles. The Hall–Kier alpha value is -1.06. The third-order valence-corrected chi connectivity index (χ3v) is 2.66. The molecule has 3 nitrogen and oxygen atoms in total. The van der Waals surface area contributed by atoms with Crippen molar-refractivity contribution in [2.75, 3.05) is 26.8 Å². The molecule has 1 aromatic carbocycles. The minimum atomic E-state index is 0.516. The summed E-state index contributed by atoms with van der Waals surface area (Å²) in [5, 5.41) is 3.40. The summed E-state index contributed by atoms with van der Waals surface area (Å²) in [5.74, 6) is 1.44. The lowest BCUT2D eigenvalue weighted by Crippen LogP contribution is -2.25. The van der Waals surface area contributed by atoms with Crippen LogP contribution in [0.25, 0.3) is 0 Å². The van der Waals surface area contributed by atoms with Crippen molar-refractivity contribution in [2.24, 2.45) is 5.92 Å². The molecule has 102 valence electrons. The van der Waals surface area contributed by atoms with Crippen LogP contribution >= 0.6 is 0 Å². The zero-order valence-corrected chi connectivity index (χ0v) is 11.7. The van der Waals surface area contributed by atoms with Gasteiger partial charge in [-0.2, -0.15) is 0 Å². The summed E-state index contributed by atoms with van der Waals surface area (Å²) < 4.78 is 10.9. The van der Waals surface area contributed by atoms with Crippen molar-refractivity contribution in [3.63, 3.8) is 0 Å². The van der Waals surface area contributed by atoms with Crippen LogP contribution in [-0.4, -0.2) is 26.8 Å². The van der Waals surface area contributed by atoms with E-state index in [1.165, 1.54) is 6.42 Å². The molecule has 18 heavy (non-hydrogen) atoms. The summed E-state index contributed by atoms with van der Waals surface area (Å²) in [4.78, 5) is 0. The lowest BCUT2D eigenvalue weighted by molar-refractivity contribution is 0.184. The molecule has 1 N–H and O–H groups in total. The first-order valence-corrected chi connectivity index (χ1v) is 6.67. The van der Waals surface area contributed by atoms with Gasteiger partial charge in [0, 0.05) is 19.6 Å². The highest BCUT2D eigenvalue weighted by atomic mass is 16.5. The van der Waals surface area contributed by atoms with Gasteiger partial charge in [0.2, 0.25) is 0 Å². The van der Waals surface area contributed by atoms with Gasteiger partial charge >= 0.3 is 0 Å². The van der Waals surface area contributed by atoms with E-state index in [4.69, 9.17) is 9.47 Å². The molecule has 0 bridgehead atoms. The van der Waals surface area contributed by atoms with Crippen LogP contribution < -0.4 is 10.1 Å². The molecule has 1 atom stereocenters. The summed E-state index contributed by atoms with van der Waals surface area (Å²) in [6.45, 7) is 7.83. The lowest BCUT2D eigenvalue weighted by Gasteiger charge is -2.14. The van der Waals surface area contributed by atoms with Crippen molar-refractivity contribution in [3.8, 4) is 5.75 Å². The molecule has 0 heterocycles. The van der Waals surface area contributed by atoms with Crippen molar-refractivity contribution in [3.05, 3.63) is 29.8 Å². The molecule has 0 spiro atoms. The van der Waals surface area contributed by atoms with Crippen LogP contribution in [0.1, 0.15) is 25.8 Å². The van der Waals surface area contributed by atoms with Gasteiger partial charge in [-0.15, -0.1) is 0 Å². The molecule has 0 aliphatic carbocycles. The number of rotatable bonds is 9. The highest BCUT2D eigenvalue weighted by Crippen LogP contribution is 2.14. The maximum atomic E-state index is 5.79. The third kappa shape index (κ3) is 6.03. The number of methoxy groups -OCH3 is 1. The molecule has 1 rings (SSSR count). The molecule has 3 heteroatoms. The third-order valence-electron chi connectivity index (χ3n) is 2.66. The monoisotopic (exact) mass is 251 g/mol. The molecule has 0 saturated heterocycles. The van der Waals surface area contributed by atoms with Crippen molar-refractivity contribution in [2.45, 2.75) is 26.9 Å². The van der Waals surface area contributed by atoms with E-state index in [1.807, 2.05) is 24.3 Å². The second-order valence-corrected chi connectivity index (χ2v) is 4.70. The van der Waals surface area contributed by atoms with E-state index >= 15 is 0 Å². The average molecular weight is 251 g/mol. The Balaban J connectivity index is 2.31. The fourth-order valence-electron chi connectivity index (χ4n) is 1.71. The van der Waals surface area contributed by atoms with Crippen LogP contribution in [0.5, 0.6) is 5.75 Å². The fraction of sp³-hybridized carbons (Fsp3) is 0.600. The molecular weight excluding hydrogens is 226 g/mol. The van der Waals surface area contributed by atoms with Gasteiger partial charge in [0.1, 0.15) is 5.75 Å². The van der Waals surface area contributed by atoms with Crippen LogP contribution in [0, 0.1) is 5.92 Å². The lowest BCUT2D eigenvalue weighted by atomic mass is 10.2. The first kappa shape index (κ1) is 15.0. The smallest absolute Gasteiger partial charge is 0.119 e. The second kappa shape index (κ2) is 8.95. The minimum absolute atomic E-state index is 0.516. The molecule has 1 aromatic rings. The van der Waals surface area contributed by atoms with E-state index in [0.717, 1.165) is 31.0 Å². The van der Waals surface area contributed by atoms with Crippen molar-refractivity contribution < 1.29 is 9.47 Å². The second-order valence-electron chi connectivity index (χ2n) is 4.70. The number of hydrogen-bond acceptors (Lipinski definition) is 3. The SMILES string of the molecule is CCCNCC(C)COc1cccc(COC)c1. The summed E-state index contributed by atoms with van der Waals surface area (Å²) in [7, 11) is 1.70. The Morgan fingerprint density at radius 2 is 2.17 bits per heavy atom. The van der Waals surface area contributed by atoms with Gasteiger partial charge in [-0.3, -0.25) is 0 Å². The highest BCUT2D eigenvalue weighted by Gasteiger charge is 2.03. The van der Waals surface area contributed by atoms with E-state index in [9.17, 15) is 0 Å². The van der Waals surface area contributed by atoms with E-state index in [2.05, 4.69) is 19.2 Å². The highest BCUT2D eigenvalue weighted by molar-refractivity contribution is 5.28. The van der Waals surface area contributed by atoms with E-state index in [0.29, 0.717) is 12.5 Å². The number of nitrogens with one attached hydrogen (secondary N) is 1. The molecule has 0 aliphatic rings. The van der Waals surface area contributed by atoms with Crippen LogP contribution in [0.15, 0.2) is 24.3 Å². The van der Waals surface area contributed by atoms with Crippen molar-refractivity contribution in [1.29, 1.82) is 0 Å². The molecule has 0 fully saturated rings. The van der Waals surface area contributed by atoms with E-state index < -0.39 is 0 Å². The average Bonchev–Trinajstić information content (AvgIpc) is 2.38. The Bertz CT molecular complexity index is 328. The van der Waals surface area contributed by atoms with E-state index in [1.54, 1.807) is 7.11 Å². The number of benzene rings is 1. The van der Waals surface area contributed by atoms with Crippen LogP contribution in [0.4, 0.5) is 0 Å². The zero-order valence-electron chi connectivity index (χ0n) is 11.7. The van der Waals surface area contributed by atoms with Gasteiger partial charge in [-0.25, -0.2) is 0 Å². The molecule has 0 aromatic heterocycles. The predicted molar refractivity (Wildman–Crippen MR) is 75.0 cm³/mol. The molecule has 0 saturated carbocycles. The van der Waals surface area contributed by atoms with Gasteiger partial charge < -0.3 is 14.8 Å². The Labute approximate surface area is 110 Å². The minimum Gasteiger partial charge on any atom is -0.493 e. The first-order chi connectivity index (χ1) is 8.76. The summed E-state index contributed by atoms with van der Waals surface area (Å²) in [6.07, 6.45) is 1.17.